The summed E-state index contributed by atoms with van der Waals surface area (Å²) in [6, 6.07) is 11.7. The average Bonchev–Trinajstić information content (AvgIpc) is 3.29. The minimum Gasteiger partial charge on any atom is -0.496 e. The maximum Gasteiger partial charge on any atom is 0.147 e. The van der Waals surface area contributed by atoms with Gasteiger partial charge < -0.3 is 9.26 Å². The van der Waals surface area contributed by atoms with E-state index >= 15 is 0 Å². The molecule has 0 spiro atoms. The topological polar surface area (TPSA) is 61.0 Å². The van der Waals surface area contributed by atoms with Gasteiger partial charge >= 0.3 is 0 Å². The van der Waals surface area contributed by atoms with Gasteiger partial charge in [-0.15, -0.1) is 11.3 Å². The van der Waals surface area contributed by atoms with Crippen LogP contribution in [0.3, 0.4) is 0 Å². The number of nitrogens with zero attached hydrogens (tertiary/aromatic N) is 3. The van der Waals surface area contributed by atoms with Crippen LogP contribution < -0.4 is 4.74 Å². The Labute approximate surface area is 146 Å². The zero-order valence-electron chi connectivity index (χ0n) is 12.8. The van der Waals surface area contributed by atoms with Crippen molar-refractivity contribution in [3.05, 3.63) is 53.9 Å². The van der Waals surface area contributed by atoms with Gasteiger partial charge in [0.15, 0.2) is 0 Å². The van der Waals surface area contributed by atoms with Crippen LogP contribution >= 0.6 is 23.1 Å². The highest BCUT2D eigenvalue weighted by Gasteiger charge is 2.12. The number of hydrogen-bond donors (Lipinski definition) is 0. The van der Waals surface area contributed by atoms with Gasteiger partial charge in [0.2, 0.25) is 0 Å². The minimum absolute atomic E-state index is 0.659. The molecule has 1 aromatic carbocycles. The van der Waals surface area contributed by atoms with Crippen LogP contribution in [0.5, 0.6) is 5.75 Å². The Balaban J connectivity index is 1.54. The molecule has 0 aliphatic rings. The maximum atomic E-state index is 5.47. The number of ether oxygens (including phenoxy) is 1. The summed E-state index contributed by atoms with van der Waals surface area (Å²) in [5.41, 5.74) is 2.67. The lowest BCUT2D eigenvalue weighted by Gasteiger charge is -2.03. The van der Waals surface area contributed by atoms with Crippen LogP contribution in [0, 0.1) is 0 Å². The number of thioether (sulfide) groups is 1. The first kappa shape index (κ1) is 15.2. The molecule has 0 bridgehead atoms. The van der Waals surface area contributed by atoms with Crippen LogP contribution in [0.1, 0.15) is 5.76 Å². The van der Waals surface area contributed by atoms with Crippen molar-refractivity contribution < 1.29 is 9.26 Å². The third-order valence-corrected chi connectivity index (χ3v) is 5.55. The van der Waals surface area contributed by atoms with Crippen molar-refractivity contribution in [2.45, 2.75) is 10.8 Å². The van der Waals surface area contributed by atoms with Gasteiger partial charge in [-0.1, -0.05) is 29.1 Å². The highest BCUT2D eigenvalue weighted by Crippen LogP contribution is 2.33. The SMILES string of the molecule is COc1ccccc1-c1cc(CSc2ncnc3ccsc23)on1. The molecule has 0 saturated heterocycles. The van der Waals surface area contributed by atoms with Gasteiger partial charge in [-0.25, -0.2) is 9.97 Å². The first-order valence-electron chi connectivity index (χ1n) is 7.25. The van der Waals surface area contributed by atoms with E-state index in [-0.39, 0.29) is 0 Å². The number of rotatable bonds is 5. The second-order valence-corrected chi connectivity index (χ2v) is 6.86. The van der Waals surface area contributed by atoms with Crippen molar-refractivity contribution in [3.63, 3.8) is 0 Å². The molecular weight excluding hydrogens is 342 g/mol. The summed E-state index contributed by atoms with van der Waals surface area (Å²) >= 11 is 3.27. The number of thiophene rings is 1. The highest BCUT2D eigenvalue weighted by atomic mass is 32.2. The summed E-state index contributed by atoms with van der Waals surface area (Å²) in [5, 5.41) is 7.15. The van der Waals surface area contributed by atoms with E-state index in [9.17, 15) is 0 Å². The van der Waals surface area contributed by atoms with Crippen molar-refractivity contribution in [2.75, 3.05) is 7.11 Å². The molecule has 4 rings (SSSR count). The number of fused-ring (bicyclic) bond motifs is 1. The summed E-state index contributed by atoms with van der Waals surface area (Å²) < 4.78 is 11.9. The van der Waals surface area contributed by atoms with E-state index in [1.165, 1.54) is 0 Å². The monoisotopic (exact) mass is 355 g/mol. The Morgan fingerprint density at radius 2 is 2.12 bits per heavy atom. The first-order valence-corrected chi connectivity index (χ1v) is 9.11. The Hall–Kier alpha value is -2.38. The molecule has 0 aliphatic carbocycles. The van der Waals surface area contributed by atoms with Crippen LogP contribution in [-0.4, -0.2) is 22.2 Å². The molecular formula is C17H13N3O2S2. The zero-order valence-corrected chi connectivity index (χ0v) is 14.4. The van der Waals surface area contributed by atoms with E-state index in [1.54, 1.807) is 36.5 Å². The summed E-state index contributed by atoms with van der Waals surface area (Å²) in [6.07, 6.45) is 1.60. The summed E-state index contributed by atoms with van der Waals surface area (Å²) in [6.45, 7) is 0. The molecule has 4 aromatic rings. The Bertz CT molecular complexity index is 981. The van der Waals surface area contributed by atoms with Crippen molar-refractivity contribution in [1.82, 2.24) is 15.1 Å². The second kappa shape index (κ2) is 6.62. The number of methoxy groups -OCH3 is 1. The molecule has 5 nitrogen and oxygen atoms in total. The lowest BCUT2D eigenvalue weighted by atomic mass is 10.1. The molecule has 0 saturated carbocycles. The molecule has 24 heavy (non-hydrogen) atoms. The lowest BCUT2D eigenvalue weighted by Crippen LogP contribution is -1.86. The van der Waals surface area contributed by atoms with E-state index in [1.807, 2.05) is 41.8 Å². The maximum absolute atomic E-state index is 5.47. The van der Waals surface area contributed by atoms with E-state index in [2.05, 4.69) is 15.1 Å². The standard InChI is InChI=1S/C17H13N3O2S2/c1-21-15-5-3-2-4-12(15)14-8-11(22-20-14)9-24-17-16-13(6-7-23-16)18-10-19-17/h2-8,10H,9H2,1H3. The van der Waals surface area contributed by atoms with Crippen LogP contribution in [0.25, 0.3) is 21.5 Å². The van der Waals surface area contributed by atoms with Crippen molar-refractivity contribution in [2.24, 2.45) is 0 Å². The lowest BCUT2D eigenvalue weighted by molar-refractivity contribution is 0.395. The van der Waals surface area contributed by atoms with Crippen LogP contribution in [0.15, 0.2) is 57.7 Å². The average molecular weight is 355 g/mol. The van der Waals surface area contributed by atoms with Crippen molar-refractivity contribution in [3.8, 4) is 17.0 Å². The quantitative estimate of drug-likeness (QED) is 0.384. The van der Waals surface area contributed by atoms with Crippen molar-refractivity contribution in [1.29, 1.82) is 0 Å². The minimum atomic E-state index is 0.659. The Morgan fingerprint density at radius 1 is 1.21 bits per heavy atom. The molecule has 7 heteroatoms. The normalized spacial score (nSPS) is 11.0. The molecule has 120 valence electrons. The third-order valence-electron chi connectivity index (χ3n) is 3.50. The predicted molar refractivity (Wildman–Crippen MR) is 95.5 cm³/mol. The molecule has 3 aromatic heterocycles. The van der Waals surface area contributed by atoms with E-state index in [0.717, 1.165) is 38.0 Å². The van der Waals surface area contributed by atoms with E-state index < -0.39 is 0 Å². The largest absolute Gasteiger partial charge is 0.496 e. The van der Waals surface area contributed by atoms with E-state index in [4.69, 9.17) is 9.26 Å². The van der Waals surface area contributed by atoms with E-state index in [0.29, 0.717) is 5.75 Å². The summed E-state index contributed by atoms with van der Waals surface area (Å²) in [5.74, 6) is 2.23. The molecule has 0 fully saturated rings. The fourth-order valence-corrected chi connectivity index (χ4v) is 4.19. The molecule has 0 aliphatic heterocycles. The van der Waals surface area contributed by atoms with Gasteiger partial charge in [-0.2, -0.15) is 0 Å². The fraction of sp³-hybridized carbons (Fsp3) is 0.118. The summed E-state index contributed by atoms with van der Waals surface area (Å²) in [4.78, 5) is 8.62. The molecule has 0 unspecified atom stereocenters. The fourth-order valence-electron chi connectivity index (χ4n) is 2.37. The number of hydrogen-bond acceptors (Lipinski definition) is 7. The van der Waals surface area contributed by atoms with Crippen LogP contribution in [0.4, 0.5) is 0 Å². The molecule has 0 radical (unpaired) electrons. The van der Waals surface area contributed by atoms with Crippen LogP contribution in [-0.2, 0) is 5.75 Å². The van der Waals surface area contributed by atoms with Gasteiger partial charge in [-0.05, 0) is 23.6 Å². The summed E-state index contributed by atoms with van der Waals surface area (Å²) in [7, 11) is 1.65. The van der Waals surface area contributed by atoms with Gasteiger partial charge in [0.05, 0.1) is 23.1 Å². The van der Waals surface area contributed by atoms with Crippen LogP contribution in [0.2, 0.25) is 0 Å². The molecule has 0 atom stereocenters. The highest BCUT2D eigenvalue weighted by molar-refractivity contribution is 7.98. The van der Waals surface area contributed by atoms with Gasteiger partial charge in [0, 0.05) is 11.6 Å². The Kier molecular flexibility index (Phi) is 4.18. The Morgan fingerprint density at radius 3 is 3.04 bits per heavy atom. The van der Waals surface area contributed by atoms with Gasteiger partial charge in [-0.3, -0.25) is 0 Å². The zero-order chi connectivity index (χ0) is 16.4. The smallest absolute Gasteiger partial charge is 0.147 e. The van der Waals surface area contributed by atoms with Crippen molar-refractivity contribution >= 4 is 33.3 Å². The number of benzene rings is 1. The van der Waals surface area contributed by atoms with Gasteiger partial charge in [0.1, 0.15) is 28.6 Å². The number of para-hydroxylation sites is 1. The second-order valence-electron chi connectivity index (χ2n) is 4.98. The number of aromatic nitrogens is 3. The molecule has 0 amide bonds. The first-order chi connectivity index (χ1) is 11.8. The third kappa shape index (κ3) is 2.88. The molecule has 0 N–H and O–H groups in total. The predicted octanol–water partition coefficient (Wildman–Crippen LogP) is 4.65. The van der Waals surface area contributed by atoms with Gasteiger partial charge in [0.25, 0.3) is 0 Å². The molecule has 3 heterocycles.